The lowest BCUT2D eigenvalue weighted by atomic mass is 10.0. The quantitative estimate of drug-likeness (QED) is 0.689. The Morgan fingerprint density at radius 2 is 2.03 bits per heavy atom. The zero-order valence-electron chi connectivity index (χ0n) is 17.1. The Hall–Kier alpha value is -2.62. The first-order chi connectivity index (χ1) is 14.7. The first kappa shape index (κ1) is 19.3. The van der Waals surface area contributed by atoms with Crippen LogP contribution in [-0.2, 0) is 0 Å². The lowest BCUT2D eigenvalue weighted by Crippen LogP contribution is -2.44. The Kier molecular flexibility index (Phi) is 5.32. The number of hydrogen-bond acceptors (Lipinski definition) is 7. The first-order valence-corrected chi connectivity index (χ1v) is 10.6. The van der Waals surface area contributed by atoms with Gasteiger partial charge in [-0.3, -0.25) is 15.6 Å². The largest absolute Gasteiger partial charge is 0.454 e. The number of rotatable bonds is 5. The fourth-order valence-electron chi connectivity index (χ4n) is 4.51. The lowest BCUT2D eigenvalue weighted by Gasteiger charge is -2.34. The number of hydrogen-bond donors (Lipinski definition) is 3. The highest BCUT2D eigenvalue weighted by Gasteiger charge is 2.27. The molecule has 3 N–H and O–H groups in total. The zero-order valence-corrected chi connectivity index (χ0v) is 17.1. The van der Waals surface area contributed by atoms with Gasteiger partial charge in [0, 0.05) is 43.3 Å². The van der Waals surface area contributed by atoms with Crippen LogP contribution in [0.1, 0.15) is 42.6 Å². The van der Waals surface area contributed by atoms with E-state index in [9.17, 15) is 4.79 Å². The van der Waals surface area contributed by atoms with Crippen molar-refractivity contribution >= 4 is 11.7 Å². The molecule has 0 saturated carbocycles. The van der Waals surface area contributed by atoms with Crippen molar-refractivity contribution in [2.75, 3.05) is 31.7 Å². The number of ether oxygens (including phenoxy) is 2. The molecule has 0 aliphatic carbocycles. The molecular weight excluding hydrogens is 384 g/mol. The molecule has 5 rings (SSSR count). The van der Waals surface area contributed by atoms with E-state index in [4.69, 9.17) is 9.47 Å². The van der Waals surface area contributed by atoms with Crippen LogP contribution in [0.4, 0.5) is 5.82 Å². The second-order valence-corrected chi connectivity index (χ2v) is 8.34. The summed E-state index contributed by atoms with van der Waals surface area (Å²) in [6, 6.07) is 8.41. The number of carbonyl (C=O) groups excluding carboxylic acids is 1. The van der Waals surface area contributed by atoms with Gasteiger partial charge in [-0.15, -0.1) is 0 Å². The van der Waals surface area contributed by atoms with Crippen LogP contribution in [0.15, 0.2) is 30.5 Å². The summed E-state index contributed by atoms with van der Waals surface area (Å²) in [5.41, 5.74) is 7.21. The number of fused-ring (bicyclic) bond motifs is 1. The average molecular weight is 412 g/mol. The Balaban J connectivity index is 1.19. The summed E-state index contributed by atoms with van der Waals surface area (Å²) < 4.78 is 12.6. The van der Waals surface area contributed by atoms with Crippen molar-refractivity contribution in [2.45, 2.75) is 44.3 Å². The molecule has 1 aromatic carbocycles. The molecule has 2 saturated heterocycles. The molecule has 4 heterocycles. The summed E-state index contributed by atoms with van der Waals surface area (Å²) in [5, 5.41) is 7.50. The van der Waals surface area contributed by atoms with Crippen LogP contribution < -0.4 is 25.6 Å². The van der Waals surface area contributed by atoms with Gasteiger partial charge in [0.2, 0.25) is 6.79 Å². The molecule has 2 atom stereocenters. The maximum absolute atomic E-state index is 12.7. The van der Waals surface area contributed by atoms with E-state index in [1.54, 1.807) is 24.4 Å². The highest BCUT2D eigenvalue weighted by Crippen LogP contribution is 2.33. The minimum atomic E-state index is -0.179. The van der Waals surface area contributed by atoms with E-state index in [0.717, 1.165) is 44.7 Å². The van der Waals surface area contributed by atoms with Crippen LogP contribution in [0, 0.1) is 0 Å². The molecule has 3 aliphatic heterocycles. The van der Waals surface area contributed by atoms with E-state index in [1.165, 1.54) is 0 Å². The number of nitrogens with one attached hydrogen (secondary N) is 3. The second kappa shape index (κ2) is 8.25. The highest BCUT2D eigenvalue weighted by molar-refractivity contribution is 6.04. The van der Waals surface area contributed by atoms with Gasteiger partial charge in [0.05, 0.1) is 12.2 Å². The van der Waals surface area contributed by atoms with Gasteiger partial charge in [0.1, 0.15) is 5.82 Å². The third-order valence-corrected chi connectivity index (χ3v) is 6.10. The molecule has 0 bridgehead atoms. The van der Waals surface area contributed by atoms with Gasteiger partial charge in [0.15, 0.2) is 11.5 Å². The molecule has 2 fully saturated rings. The summed E-state index contributed by atoms with van der Waals surface area (Å²) in [4.78, 5) is 15.3. The molecule has 3 aliphatic rings. The fraction of sp³-hybridized carbons (Fsp3) is 0.524. The Labute approximate surface area is 175 Å². The normalized spacial score (nSPS) is 24.3. The summed E-state index contributed by atoms with van der Waals surface area (Å²) >= 11 is 0. The molecule has 1 amide bonds. The number of amides is 1. The summed E-state index contributed by atoms with van der Waals surface area (Å²) in [6.07, 6.45) is 4.95. The molecule has 9 heteroatoms. The number of likely N-dealkylation sites (tertiary alicyclic amines) is 1. The molecular formula is C21H28N6O3. The van der Waals surface area contributed by atoms with E-state index in [-0.39, 0.29) is 18.7 Å². The molecule has 1 aromatic heterocycles. The van der Waals surface area contributed by atoms with E-state index < -0.39 is 0 Å². The molecule has 9 nitrogen and oxygen atoms in total. The predicted molar refractivity (Wildman–Crippen MR) is 112 cm³/mol. The van der Waals surface area contributed by atoms with Crippen LogP contribution in [0.5, 0.6) is 11.5 Å². The number of benzene rings is 1. The minimum absolute atomic E-state index is 0.179. The maximum Gasteiger partial charge on any atom is 0.256 e. The highest BCUT2D eigenvalue weighted by atomic mass is 16.7. The van der Waals surface area contributed by atoms with Crippen molar-refractivity contribution in [2.24, 2.45) is 0 Å². The molecule has 2 aromatic rings. The van der Waals surface area contributed by atoms with Crippen molar-refractivity contribution in [3.63, 3.8) is 0 Å². The molecule has 0 radical (unpaired) electrons. The van der Waals surface area contributed by atoms with Crippen molar-refractivity contribution < 1.29 is 14.3 Å². The Morgan fingerprint density at radius 3 is 2.83 bits per heavy atom. The standard InChI is InChI=1S/C21H28N6O3/c1-14-10-16(25-24-14)12-26-8-5-17(6-9-26)27-20(4-7-22-27)23-21(28)15-2-3-18-19(11-15)30-13-29-18/h2-4,7,11,14,16-17,24-25H,5-6,8-10,12-13H2,1H3,(H,23,28). The summed E-state index contributed by atoms with van der Waals surface area (Å²) in [5.74, 6) is 1.82. The monoisotopic (exact) mass is 412 g/mol. The van der Waals surface area contributed by atoms with Crippen LogP contribution in [0.2, 0.25) is 0 Å². The Morgan fingerprint density at radius 1 is 1.20 bits per heavy atom. The van der Waals surface area contributed by atoms with E-state index in [0.29, 0.717) is 29.1 Å². The van der Waals surface area contributed by atoms with E-state index in [2.05, 4.69) is 33.1 Å². The van der Waals surface area contributed by atoms with Crippen LogP contribution in [0.3, 0.4) is 0 Å². The van der Waals surface area contributed by atoms with Gasteiger partial charge in [-0.05, 0) is 44.4 Å². The topological polar surface area (TPSA) is 92.7 Å². The number of hydrazine groups is 1. The van der Waals surface area contributed by atoms with Gasteiger partial charge in [-0.2, -0.15) is 5.10 Å². The maximum atomic E-state index is 12.7. The van der Waals surface area contributed by atoms with Crippen molar-refractivity contribution in [3.8, 4) is 11.5 Å². The van der Waals surface area contributed by atoms with Gasteiger partial charge < -0.3 is 19.7 Å². The van der Waals surface area contributed by atoms with E-state index >= 15 is 0 Å². The number of nitrogens with zero attached hydrogens (tertiary/aromatic N) is 3. The van der Waals surface area contributed by atoms with Crippen LogP contribution in [-0.4, -0.2) is 59.1 Å². The zero-order chi connectivity index (χ0) is 20.5. The third kappa shape index (κ3) is 4.00. The van der Waals surface area contributed by atoms with Gasteiger partial charge >= 0.3 is 0 Å². The molecule has 2 unspecified atom stereocenters. The third-order valence-electron chi connectivity index (χ3n) is 6.10. The first-order valence-electron chi connectivity index (χ1n) is 10.6. The fourth-order valence-corrected chi connectivity index (χ4v) is 4.51. The predicted octanol–water partition coefficient (Wildman–Crippen LogP) is 1.76. The van der Waals surface area contributed by atoms with Crippen LogP contribution in [0.25, 0.3) is 0 Å². The number of carbonyl (C=O) groups is 1. The Bertz CT molecular complexity index is 908. The van der Waals surface area contributed by atoms with Crippen molar-refractivity contribution in [3.05, 3.63) is 36.0 Å². The SMILES string of the molecule is CC1CC(CN2CCC(n3nccc3NC(=O)c3ccc4c(c3)OCO4)CC2)NN1. The molecule has 160 valence electrons. The van der Waals surface area contributed by atoms with Crippen molar-refractivity contribution in [1.29, 1.82) is 0 Å². The van der Waals surface area contributed by atoms with Gasteiger partial charge in [-0.1, -0.05) is 0 Å². The molecule has 30 heavy (non-hydrogen) atoms. The van der Waals surface area contributed by atoms with Crippen molar-refractivity contribution in [1.82, 2.24) is 25.5 Å². The number of aromatic nitrogens is 2. The summed E-state index contributed by atoms with van der Waals surface area (Å²) in [7, 11) is 0. The summed E-state index contributed by atoms with van der Waals surface area (Å²) in [6.45, 7) is 5.53. The molecule has 0 spiro atoms. The van der Waals surface area contributed by atoms with Crippen LogP contribution >= 0.6 is 0 Å². The van der Waals surface area contributed by atoms with Gasteiger partial charge in [0.25, 0.3) is 5.91 Å². The van der Waals surface area contributed by atoms with Gasteiger partial charge in [-0.25, -0.2) is 4.68 Å². The second-order valence-electron chi connectivity index (χ2n) is 8.34. The number of piperidine rings is 1. The average Bonchev–Trinajstić information content (AvgIpc) is 3.49. The number of anilines is 1. The van der Waals surface area contributed by atoms with E-state index in [1.807, 2.05) is 10.7 Å². The lowest BCUT2D eigenvalue weighted by molar-refractivity contribution is 0.102. The minimum Gasteiger partial charge on any atom is -0.454 e. The smallest absolute Gasteiger partial charge is 0.256 e.